The van der Waals surface area contributed by atoms with E-state index in [1.807, 2.05) is 6.92 Å². The number of hydrogen-bond acceptors (Lipinski definition) is 5. The summed E-state index contributed by atoms with van der Waals surface area (Å²) in [5.74, 6) is 0. The highest BCUT2D eigenvalue weighted by Crippen LogP contribution is 2.26. The Kier molecular flexibility index (Phi) is 2.73. The van der Waals surface area contributed by atoms with Gasteiger partial charge in [0.25, 0.3) is 0 Å². The van der Waals surface area contributed by atoms with Gasteiger partial charge in [0.2, 0.25) is 0 Å². The predicted octanol–water partition coefficient (Wildman–Crippen LogP) is 1.78. The molecule has 0 aliphatic rings. The van der Waals surface area contributed by atoms with E-state index in [-0.39, 0.29) is 5.69 Å². The second kappa shape index (κ2) is 4.20. The first kappa shape index (κ1) is 11.1. The van der Waals surface area contributed by atoms with E-state index in [2.05, 4.69) is 15.4 Å². The third kappa shape index (κ3) is 2.22. The number of aromatic nitrogens is 3. The molecule has 0 aromatic carbocycles. The van der Waals surface area contributed by atoms with Gasteiger partial charge in [-0.3, -0.25) is 19.8 Å². The first-order valence-electron chi connectivity index (χ1n) is 4.93. The van der Waals surface area contributed by atoms with Crippen LogP contribution in [-0.2, 0) is 7.05 Å². The van der Waals surface area contributed by atoms with Gasteiger partial charge in [-0.05, 0) is 13.0 Å². The molecule has 1 N–H and O–H groups in total. The van der Waals surface area contributed by atoms with Crippen LogP contribution < -0.4 is 5.32 Å². The van der Waals surface area contributed by atoms with Crippen molar-refractivity contribution in [3.8, 4) is 0 Å². The number of anilines is 2. The zero-order chi connectivity index (χ0) is 12.4. The fraction of sp³-hybridized carbons (Fsp3) is 0.200. The summed E-state index contributed by atoms with van der Waals surface area (Å²) in [4.78, 5) is 14.1. The van der Waals surface area contributed by atoms with Crippen molar-refractivity contribution in [3.63, 3.8) is 0 Å². The maximum Gasteiger partial charge on any atom is 0.310 e. The number of nitrogens with zero attached hydrogens (tertiary/aromatic N) is 4. The highest BCUT2D eigenvalue weighted by molar-refractivity contribution is 5.69. The largest absolute Gasteiger partial charge is 0.347 e. The van der Waals surface area contributed by atoms with Gasteiger partial charge in [0.05, 0.1) is 16.3 Å². The lowest BCUT2D eigenvalue weighted by Gasteiger charge is -2.04. The molecule has 7 nitrogen and oxygen atoms in total. The van der Waals surface area contributed by atoms with E-state index in [0.717, 1.165) is 11.4 Å². The molecule has 0 amide bonds. The van der Waals surface area contributed by atoms with Crippen LogP contribution in [0.25, 0.3) is 0 Å². The molecule has 2 heterocycles. The van der Waals surface area contributed by atoms with E-state index in [4.69, 9.17) is 0 Å². The summed E-state index contributed by atoms with van der Waals surface area (Å²) in [6.45, 7) is 1.83. The molecule has 17 heavy (non-hydrogen) atoms. The Balaban J connectivity index is 2.36. The van der Waals surface area contributed by atoms with Gasteiger partial charge in [0, 0.05) is 19.4 Å². The van der Waals surface area contributed by atoms with Gasteiger partial charge in [-0.25, -0.2) is 0 Å². The van der Waals surface area contributed by atoms with Crippen molar-refractivity contribution in [2.75, 3.05) is 5.32 Å². The minimum atomic E-state index is -0.471. The second-order valence-corrected chi connectivity index (χ2v) is 3.58. The topological polar surface area (TPSA) is 85.9 Å². The zero-order valence-electron chi connectivity index (χ0n) is 9.41. The first-order chi connectivity index (χ1) is 8.08. The quantitative estimate of drug-likeness (QED) is 0.645. The van der Waals surface area contributed by atoms with E-state index in [0.29, 0.717) is 5.69 Å². The van der Waals surface area contributed by atoms with Gasteiger partial charge < -0.3 is 5.32 Å². The standard InChI is InChI=1S/C10H11N5O2/c1-7-9(6-14(2)13-7)12-8-3-4-11-5-10(8)15(16)17/h3-6H,1-2H3,(H,11,12). The molecule has 0 aliphatic heterocycles. The fourth-order valence-corrected chi connectivity index (χ4v) is 1.50. The molecule has 0 aliphatic carbocycles. The molecule has 0 atom stereocenters. The summed E-state index contributed by atoms with van der Waals surface area (Å²) in [5.41, 5.74) is 1.86. The number of nitro groups is 1. The Bertz CT molecular complexity index is 564. The Morgan fingerprint density at radius 1 is 1.47 bits per heavy atom. The molecule has 0 radical (unpaired) electrons. The number of rotatable bonds is 3. The molecular formula is C10H11N5O2. The predicted molar refractivity (Wildman–Crippen MR) is 62.1 cm³/mol. The smallest absolute Gasteiger partial charge is 0.310 e. The monoisotopic (exact) mass is 233 g/mol. The zero-order valence-corrected chi connectivity index (χ0v) is 9.41. The third-order valence-electron chi connectivity index (χ3n) is 2.28. The molecule has 88 valence electrons. The van der Waals surface area contributed by atoms with Crippen molar-refractivity contribution in [1.82, 2.24) is 14.8 Å². The lowest BCUT2D eigenvalue weighted by molar-refractivity contribution is -0.384. The lowest BCUT2D eigenvalue weighted by Crippen LogP contribution is -1.97. The van der Waals surface area contributed by atoms with Crippen LogP contribution in [0.4, 0.5) is 17.1 Å². The van der Waals surface area contributed by atoms with Crippen molar-refractivity contribution in [2.45, 2.75) is 6.92 Å². The van der Waals surface area contributed by atoms with E-state index < -0.39 is 4.92 Å². The number of nitrogens with one attached hydrogen (secondary N) is 1. The summed E-state index contributed by atoms with van der Waals surface area (Å²) < 4.78 is 1.64. The normalized spacial score (nSPS) is 10.2. The fourth-order valence-electron chi connectivity index (χ4n) is 1.50. The molecule has 0 saturated heterocycles. The number of aryl methyl sites for hydroxylation is 2. The molecule has 2 aromatic heterocycles. The van der Waals surface area contributed by atoms with Crippen LogP contribution in [0.5, 0.6) is 0 Å². The molecule has 0 bridgehead atoms. The first-order valence-corrected chi connectivity index (χ1v) is 4.93. The molecule has 0 spiro atoms. The average molecular weight is 233 g/mol. The highest BCUT2D eigenvalue weighted by Gasteiger charge is 2.14. The van der Waals surface area contributed by atoms with Gasteiger partial charge in [-0.1, -0.05) is 0 Å². The van der Waals surface area contributed by atoms with Crippen LogP contribution in [0.15, 0.2) is 24.7 Å². The summed E-state index contributed by atoms with van der Waals surface area (Å²) in [6.07, 6.45) is 4.48. The number of hydrogen-bond donors (Lipinski definition) is 1. The Morgan fingerprint density at radius 3 is 2.82 bits per heavy atom. The summed E-state index contributed by atoms with van der Waals surface area (Å²) >= 11 is 0. The van der Waals surface area contributed by atoms with Crippen LogP contribution in [0.1, 0.15) is 5.69 Å². The minimum absolute atomic E-state index is 0.0595. The summed E-state index contributed by atoms with van der Waals surface area (Å²) in [7, 11) is 1.79. The minimum Gasteiger partial charge on any atom is -0.347 e. The van der Waals surface area contributed by atoms with Gasteiger partial charge >= 0.3 is 5.69 Å². The average Bonchev–Trinajstić information content (AvgIpc) is 2.58. The van der Waals surface area contributed by atoms with Crippen LogP contribution in [0.3, 0.4) is 0 Å². The molecule has 0 saturated carbocycles. The van der Waals surface area contributed by atoms with Crippen molar-refractivity contribution in [1.29, 1.82) is 0 Å². The second-order valence-electron chi connectivity index (χ2n) is 3.58. The molecule has 0 unspecified atom stereocenters. The van der Waals surface area contributed by atoms with Crippen LogP contribution >= 0.6 is 0 Å². The van der Waals surface area contributed by atoms with Crippen molar-refractivity contribution in [2.24, 2.45) is 7.05 Å². The van der Waals surface area contributed by atoms with Crippen LogP contribution in [0, 0.1) is 17.0 Å². The summed E-state index contributed by atoms with van der Waals surface area (Å²) in [5, 5.41) is 17.9. The van der Waals surface area contributed by atoms with Gasteiger partial charge in [-0.15, -0.1) is 0 Å². The molecular weight excluding hydrogens is 222 g/mol. The van der Waals surface area contributed by atoms with Crippen molar-refractivity contribution < 1.29 is 4.92 Å². The highest BCUT2D eigenvalue weighted by atomic mass is 16.6. The Labute approximate surface area is 97.2 Å². The maximum absolute atomic E-state index is 10.8. The lowest BCUT2D eigenvalue weighted by atomic mass is 10.3. The van der Waals surface area contributed by atoms with Crippen molar-refractivity contribution in [3.05, 3.63) is 40.5 Å². The molecule has 7 heteroatoms. The Morgan fingerprint density at radius 2 is 2.24 bits per heavy atom. The van der Waals surface area contributed by atoms with Crippen molar-refractivity contribution >= 4 is 17.1 Å². The van der Waals surface area contributed by atoms with Gasteiger partial charge in [0.15, 0.2) is 0 Å². The van der Waals surface area contributed by atoms with Crippen LogP contribution in [-0.4, -0.2) is 19.7 Å². The van der Waals surface area contributed by atoms with Gasteiger partial charge in [-0.2, -0.15) is 5.10 Å². The SMILES string of the molecule is Cc1nn(C)cc1Nc1ccncc1[N+](=O)[O-]. The van der Waals surface area contributed by atoms with E-state index in [1.165, 1.54) is 12.4 Å². The third-order valence-corrected chi connectivity index (χ3v) is 2.28. The number of pyridine rings is 1. The van der Waals surface area contributed by atoms with E-state index in [9.17, 15) is 10.1 Å². The van der Waals surface area contributed by atoms with Gasteiger partial charge in [0.1, 0.15) is 11.9 Å². The van der Waals surface area contributed by atoms with E-state index in [1.54, 1.807) is 24.0 Å². The molecule has 2 aromatic rings. The van der Waals surface area contributed by atoms with E-state index >= 15 is 0 Å². The molecule has 2 rings (SSSR count). The molecule has 0 fully saturated rings. The Hall–Kier alpha value is -2.44. The van der Waals surface area contributed by atoms with Crippen LogP contribution in [0.2, 0.25) is 0 Å². The maximum atomic E-state index is 10.8. The summed E-state index contributed by atoms with van der Waals surface area (Å²) in [6, 6.07) is 1.56.